The molecular weight excluding hydrogens is 274 g/mol. The molecule has 0 aromatic heterocycles. The molecule has 0 amide bonds. The van der Waals surface area contributed by atoms with Gasteiger partial charge in [-0.25, -0.2) is 13.1 Å². The summed E-state index contributed by atoms with van der Waals surface area (Å²) in [6, 6.07) is 6.43. The van der Waals surface area contributed by atoms with Crippen LogP contribution in [-0.2, 0) is 16.6 Å². The first kappa shape index (κ1) is 15.5. The van der Waals surface area contributed by atoms with E-state index < -0.39 is 10.0 Å². The zero-order valence-electron chi connectivity index (χ0n) is 11.7. The fraction of sp³-hybridized carbons (Fsp3) is 0.600. The van der Waals surface area contributed by atoms with Crippen LogP contribution in [0.15, 0.2) is 29.2 Å². The van der Waals surface area contributed by atoms with Crippen molar-refractivity contribution in [2.45, 2.75) is 50.0 Å². The van der Waals surface area contributed by atoms with E-state index in [0.29, 0.717) is 12.1 Å². The lowest BCUT2D eigenvalue weighted by molar-refractivity contribution is 0.281. The van der Waals surface area contributed by atoms with Crippen LogP contribution in [0.4, 0.5) is 0 Å². The van der Waals surface area contributed by atoms with Gasteiger partial charge in [-0.05, 0) is 36.5 Å². The number of benzene rings is 1. The first-order chi connectivity index (χ1) is 9.62. The molecule has 0 spiro atoms. The fourth-order valence-electron chi connectivity index (χ4n) is 2.79. The minimum Gasteiger partial charge on any atom is -0.392 e. The summed E-state index contributed by atoms with van der Waals surface area (Å²) in [5, 5.41) is 9.05. The van der Waals surface area contributed by atoms with Gasteiger partial charge in [-0.2, -0.15) is 0 Å². The molecule has 2 N–H and O–H groups in total. The molecule has 0 radical (unpaired) electrons. The van der Waals surface area contributed by atoms with Crippen molar-refractivity contribution in [1.29, 1.82) is 0 Å². The summed E-state index contributed by atoms with van der Waals surface area (Å²) in [7, 11) is -3.45. The Bertz CT molecular complexity index is 522. The van der Waals surface area contributed by atoms with Crippen LogP contribution in [0.2, 0.25) is 0 Å². The second-order valence-electron chi connectivity index (χ2n) is 5.50. The van der Waals surface area contributed by atoms with Crippen molar-refractivity contribution in [3.8, 4) is 0 Å². The third-order valence-corrected chi connectivity index (χ3v) is 5.41. The Labute approximate surface area is 121 Å². The molecule has 0 atom stereocenters. The molecule has 0 bridgehead atoms. The second kappa shape index (κ2) is 7.20. The largest absolute Gasteiger partial charge is 0.392 e. The lowest BCUT2D eigenvalue weighted by Gasteiger charge is -2.10. The summed E-state index contributed by atoms with van der Waals surface area (Å²) < 4.78 is 26.8. The Morgan fingerprint density at radius 1 is 1.25 bits per heavy atom. The van der Waals surface area contributed by atoms with E-state index >= 15 is 0 Å². The molecule has 2 rings (SSSR count). The Morgan fingerprint density at radius 2 is 2.00 bits per heavy atom. The molecule has 0 saturated heterocycles. The molecule has 1 fully saturated rings. The van der Waals surface area contributed by atoms with E-state index in [1.54, 1.807) is 18.2 Å². The average Bonchev–Trinajstić information content (AvgIpc) is 2.97. The summed E-state index contributed by atoms with van der Waals surface area (Å²) in [4.78, 5) is 0.227. The maximum Gasteiger partial charge on any atom is 0.240 e. The van der Waals surface area contributed by atoms with Gasteiger partial charge in [-0.15, -0.1) is 0 Å². The number of sulfonamides is 1. The summed E-state index contributed by atoms with van der Waals surface area (Å²) in [6.07, 6.45) is 7.24. The van der Waals surface area contributed by atoms with E-state index in [0.717, 1.165) is 18.8 Å². The quantitative estimate of drug-likeness (QED) is 0.760. The van der Waals surface area contributed by atoms with Crippen LogP contribution in [0.25, 0.3) is 0 Å². The monoisotopic (exact) mass is 297 g/mol. The molecule has 0 heterocycles. The molecule has 5 heteroatoms. The smallest absolute Gasteiger partial charge is 0.240 e. The maximum atomic E-state index is 12.1. The average molecular weight is 297 g/mol. The molecule has 4 nitrogen and oxygen atoms in total. The Kier molecular flexibility index (Phi) is 5.57. The summed E-state index contributed by atoms with van der Waals surface area (Å²) in [5.41, 5.74) is 0.610. The summed E-state index contributed by atoms with van der Waals surface area (Å²) >= 11 is 0. The maximum absolute atomic E-state index is 12.1. The van der Waals surface area contributed by atoms with Gasteiger partial charge in [-0.1, -0.05) is 37.8 Å². The normalized spacial score (nSPS) is 16.6. The van der Waals surface area contributed by atoms with E-state index in [-0.39, 0.29) is 11.5 Å². The molecule has 1 aromatic carbocycles. The van der Waals surface area contributed by atoms with Crippen LogP contribution in [0.1, 0.15) is 44.1 Å². The molecule has 0 aliphatic heterocycles. The van der Waals surface area contributed by atoms with E-state index in [1.165, 1.54) is 31.7 Å². The third-order valence-electron chi connectivity index (χ3n) is 3.95. The third kappa shape index (κ3) is 4.30. The van der Waals surface area contributed by atoms with Gasteiger partial charge >= 0.3 is 0 Å². The number of rotatable bonds is 7. The molecule has 1 aliphatic carbocycles. The van der Waals surface area contributed by atoms with Gasteiger partial charge in [0.25, 0.3) is 0 Å². The molecule has 20 heavy (non-hydrogen) atoms. The summed E-state index contributed by atoms with van der Waals surface area (Å²) in [6.45, 7) is 0.341. The van der Waals surface area contributed by atoms with E-state index in [2.05, 4.69) is 4.72 Å². The van der Waals surface area contributed by atoms with Crippen LogP contribution < -0.4 is 4.72 Å². The van der Waals surface area contributed by atoms with Crippen LogP contribution >= 0.6 is 0 Å². The van der Waals surface area contributed by atoms with Gasteiger partial charge in [0, 0.05) is 6.54 Å². The van der Waals surface area contributed by atoms with Crippen LogP contribution in [0.5, 0.6) is 0 Å². The minimum absolute atomic E-state index is 0.148. The molecule has 0 unspecified atom stereocenters. The molecule has 112 valence electrons. The molecular formula is C15H23NO3S. The molecule has 1 aliphatic rings. The number of aliphatic hydroxyl groups is 1. The Morgan fingerprint density at radius 3 is 2.70 bits per heavy atom. The van der Waals surface area contributed by atoms with Crippen molar-refractivity contribution in [2.75, 3.05) is 6.54 Å². The number of hydrogen-bond donors (Lipinski definition) is 2. The highest BCUT2D eigenvalue weighted by Gasteiger charge is 2.16. The number of aliphatic hydroxyl groups excluding tert-OH is 1. The number of nitrogens with one attached hydrogen (secondary N) is 1. The van der Waals surface area contributed by atoms with Gasteiger partial charge in [0.1, 0.15) is 0 Å². The van der Waals surface area contributed by atoms with Crippen LogP contribution in [0, 0.1) is 5.92 Å². The highest BCUT2D eigenvalue weighted by Crippen LogP contribution is 2.28. The van der Waals surface area contributed by atoms with Gasteiger partial charge in [0.05, 0.1) is 11.5 Å². The minimum atomic E-state index is -3.45. The van der Waals surface area contributed by atoms with E-state index in [9.17, 15) is 8.42 Å². The second-order valence-corrected chi connectivity index (χ2v) is 7.26. The standard InChI is InChI=1S/C15H23NO3S/c17-12-14-7-3-9-15(11-14)20(18,19)16-10-4-8-13-5-1-2-6-13/h3,7,9,11,13,16-17H,1-2,4-6,8,10,12H2. The molecule has 1 saturated carbocycles. The molecule has 1 aromatic rings. The van der Waals surface area contributed by atoms with Crippen molar-refractivity contribution in [2.24, 2.45) is 5.92 Å². The fourth-order valence-corrected chi connectivity index (χ4v) is 3.93. The van der Waals surface area contributed by atoms with Gasteiger partial charge < -0.3 is 5.11 Å². The topological polar surface area (TPSA) is 66.4 Å². The van der Waals surface area contributed by atoms with E-state index in [4.69, 9.17) is 5.11 Å². The highest BCUT2D eigenvalue weighted by molar-refractivity contribution is 7.89. The number of hydrogen-bond acceptors (Lipinski definition) is 3. The van der Waals surface area contributed by atoms with Gasteiger partial charge in [0.2, 0.25) is 10.0 Å². The zero-order chi connectivity index (χ0) is 14.4. The van der Waals surface area contributed by atoms with Crippen molar-refractivity contribution < 1.29 is 13.5 Å². The first-order valence-electron chi connectivity index (χ1n) is 7.31. The lowest BCUT2D eigenvalue weighted by atomic mass is 10.0. The lowest BCUT2D eigenvalue weighted by Crippen LogP contribution is -2.25. The zero-order valence-corrected chi connectivity index (χ0v) is 12.5. The van der Waals surface area contributed by atoms with Crippen molar-refractivity contribution >= 4 is 10.0 Å². The van der Waals surface area contributed by atoms with Gasteiger partial charge in [-0.3, -0.25) is 0 Å². The van der Waals surface area contributed by atoms with Crippen molar-refractivity contribution in [3.63, 3.8) is 0 Å². The Hall–Kier alpha value is -0.910. The van der Waals surface area contributed by atoms with Crippen molar-refractivity contribution in [3.05, 3.63) is 29.8 Å². The highest BCUT2D eigenvalue weighted by atomic mass is 32.2. The predicted octanol–water partition coefficient (Wildman–Crippen LogP) is 2.43. The Balaban J connectivity index is 1.83. The SMILES string of the molecule is O=S(=O)(NCCCC1CCCC1)c1cccc(CO)c1. The van der Waals surface area contributed by atoms with Crippen molar-refractivity contribution in [1.82, 2.24) is 4.72 Å². The van der Waals surface area contributed by atoms with Crippen LogP contribution in [-0.4, -0.2) is 20.1 Å². The van der Waals surface area contributed by atoms with E-state index in [1.807, 2.05) is 0 Å². The first-order valence-corrected chi connectivity index (χ1v) is 8.79. The van der Waals surface area contributed by atoms with Crippen LogP contribution in [0.3, 0.4) is 0 Å². The summed E-state index contributed by atoms with van der Waals surface area (Å²) in [5.74, 6) is 0.789. The predicted molar refractivity (Wildman–Crippen MR) is 78.7 cm³/mol. The van der Waals surface area contributed by atoms with Gasteiger partial charge in [0.15, 0.2) is 0 Å².